The van der Waals surface area contributed by atoms with Gasteiger partial charge in [0.25, 0.3) is 0 Å². The summed E-state index contributed by atoms with van der Waals surface area (Å²) in [5.74, 6) is -0.248. The Bertz CT molecular complexity index is 295. The Morgan fingerprint density at radius 1 is 1.22 bits per heavy atom. The van der Waals surface area contributed by atoms with E-state index >= 15 is 0 Å². The van der Waals surface area contributed by atoms with Crippen LogP contribution in [0, 0.1) is 0 Å². The van der Waals surface area contributed by atoms with Crippen LogP contribution in [-0.4, -0.2) is 36.1 Å². The molecule has 0 aromatic carbocycles. The summed E-state index contributed by atoms with van der Waals surface area (Å²) in [5.41, 5.74) is 5.61. The molecule has 0 saturated carbocycles. The number of nitrogens with two attached hydrogens (primary N) is 1. The molecule has 4 N–H and O–H groups in total. The van der Waals surface area contributed by atoms with Crippen LogP contribution in [0.3, 0.4) is 0 Å². The minimum Gasteiger partial charge on any atom is -0.465 e. The maximum absolute atomic E-state index is 11.2. The second kappa shape index (κ2) is 11.4. The standard InChI is InChI=1S/C10H21NO2.H2O4S/c1-3-5-7-9(11)10(12)13-8-6-4-2;1-5(2,3)4/h9H,3-8,11H2,1-2H3;(H2,1,2,3,4). The summed E-state index contributed by atoms with van der Waals surface area (Å²) >= 11 is 0. The molecule has 0 fully saturated rings. The zero-order valence-electron chi connectivity index (χ0n) is 10.8. The fraction of sp³-hybridized carbons (Fsp3) is 0.900. The van der Waals surface area contributed by atoms with Gasteiger partial charge >= 0.3 is 16.4 Å². The van der Waals surface area contributed by atoms with Crippen molar-refractivity contribution >= 4 is 16.4 Å². The van der Waals surface area contributed by atoms with Crippen molar-refractivity contribution in [3.8, 4) is 0 Å². The number of hydrogen-bond acceptors (Lipinski definition) is 5. The molecule has 0 rings (SSSR count). The van der Waals surface area contributed by atoms with Crippen molar-refractivity contribution in [1.29, 1.82) is 0 Å². The number of hydrogen-bond donors (Lipinski definition) is 3. The quantitative estimate of drug-likeness (QED) is 0.364. The van der Waals surface area contributed by atoms with Gasteiger partial charge in [0.2, 0.25) is 0 Å². The Morgan fingerprint density at radius 3 is 2.06 bits per heavy atom. The largest absolute Gasteiger partial charge is 0.465 e. The van der Waals surface area contributed by atoms with Crippen molar-refractivity contribution in [2.24, 2.45) is 5.73 Å². The van der Waals surface area contributed by atoms with E-state index < -0.39 is 16.4 Å². The summed E-state index contributed by atoms with van der Waals surface area (Å²) in [5, 5.41) is 0. The first-order valence-electron chi connectivity index (χ1n) is 5.84. The van der Waals surface area contributed by atoms with Crippen LogP contribution in [0.1, 0.15) is 46.0 Å². The SMILES string of the molecule is CCCCOC(=O)C(N)CCCC.O=S(=O)(O)O. The summed E-state index contributed by atoms with van der Waals surface area (Å²) in [6.45, 7) is 4.65. The van der Waals surface area contributed by atoms with Crippen molar-refractivity contribution in [2.45, 2.75) is 52.0 Å². The van der Waals surface area contributed by atoms with Crippen LogP contribution < -0.4 is 5.73 Å². The van der Waals surface area contributed by atoms with Gasteiger partial charge in [-0.2, -0.15) is 8.42 Å². The van der Waals surface area contributed by atoms with Gasteiger partial charge in [-0.1, -0.05) is 33.1 Å². The van der Waals surface area contributed by atoms with E-state index in [2.05, 4.69) is 13.8 Å². The lowest BCUT2D eigenvalue weighted by Gasteiger charge is -2.10. The zero-order chi connectivity index (χ0) is 14.6. The van der Waals surface area contributed by atoms with Gasteiger partial charge in [0.15, 0.2) is 0 Å². The predicted molar refractivity (Wildman–Crippen MR) is 67.5 cm³/mol. The summed E-state index contributed by atoms with van der Waals surface area (Å²) in [7, 11) is -4.67. The van der Waals surface area contributed by atoms with E-state index in [1.165, 1.54) is 0 Å². The lowest BCUT2D eigenvalue weighted by molar-refractivity contribution is -0.145. The third kappa shape index (κ3) is 20.7. The first-order chi connectivity index (χ1) is 8.22. The highest BCUT2D eigenvalue weighted by Gasteiger charge is 2.13. The highest BCUT2D eigenvalue weighted by atomic mass is 32.3. The van der Waals surface area contributed by atoms with Crippen LogP contribution in [-0.2, 0) is 19.9 Å². The average Bonchev–Trinajstić information content (AvgIpc) is 2.23. The number of rotatable bonds is 7. The van der Waals surface area contributed by atoms with Crippen molar-refractivity contribution in [1.82, 2.24) is 0 Å². The Hall–Kier alpha value is -0.700. The number of carbonyl (C=O) groups excluding carboxylic acids is 1. The molecule has 0 saturated heterocycles. The molecule has 0 spiro atoms. The first kappa shape index (κ1) is 19.6. The van der Waals surface area contributed by atoms with Gasteiger partial charge in [-0.3, -0.25) is 13.9 Å². The third-order valence-electron chi connectivity index (χ3n) is 1.91. The highest BCUT2D eigenvalue weighted by molar-refractivity contribution is 7.79. The lowest BCUT2D eigenvalue weighted by Crippen LogP contribution is -2.32. The van der Waals surface area contributed by atoms with Crippen LogP contribution in [0.25, 0.3) is 0 Å². The minimum absolute atomic E-state index is 0.248. The lowest BCUT2D eigenvalue weighted by atomic mass is 10.1. The monoisotopic (exact) mass is 285 g/mol. The van der Waals surface area contributed by atoms with Crippen molar-refractivity contribution in [2.75, 3.05) is 6.61 Å². The van der Waals surface area contributed by atoms with Crippen molar-refractivity contribution in [3.05, 3.63) is 0 Å². The van der Waals surface area contributed by atoms with E-state index in [-0.39, 0.29) is 5.97 Å². The van der Waals surface area contributed by atoms with Gasteiger partial charge in [0.05, 0.1) is 6.61 Å². The highest BCUT2D eigenvalue weighted by Crippen LogP contribution is 2.00. The second-order valence-electron chi connectivity index (χ2n) is 3.72. The Morgan fingerprint density at radius 2 is 1.67 bits per heavy atom. The molecule has 1 atom stereocenters. The normalized spacial score (nSPS) is 12.3. The molecule has 0 heterocycles. The number of carbonyl (C=O) groups is 1. The Balaban J connectivity index is 0. The predicted octanol–water partition coefficient (Wildman–Crippen LogP) is 1.19. The molecule has 1 unspecified atom stereocenters. The van der Waals surface area contributed by atoms with E-state index in [4.69, 9.17) is 28.0 Å². The zero-order valence-corrected chi connectivity index (χ0v) is 11.6. The average molecular weight is 285 g/mol. The molecule has 0 radical (unpaired) electrons. The van der Waals surface area contributed by atoms with Gasteiger partial charge in [-0.25, -0.2) is 0 Å². The second-order valence-corrected chi connectivity index (χ2v) is 4.61. The van der Waals surface area contributed by atoms with Crippen LogP contribution in [0.2, 0.25) is 0 Å². The smallest absolute Gasteiger partial charge is 0.394 e. The van der Waals surface area contributed by atoms with E-state index in [0.717, 1.165) is 32.1 Å². The Kier molecular flexibility index (Phi) is 12.4. The van der Waals surface area contributed by atoms with E-state index in [9.17, 15) is 4.79 Å². The minimum atomic E-state index is -4.67. The molecule has 0 aliphatic carbocycles. The van der Waals surface area contributed by atoms with Crippen LogP contribution >= 0.6 is 0 Å². The molecule has 0 aromatic heterocycles. The summed E-state index contributed by atoms with van der Waals surface area (Å²) < 4.78 is 36.6. The third-order valence-corrected chi connectivity index (χ3v) is 1.91. The van der Waals surface area contributed by atoms with Gasteiger partial charge in [-0.15, -0.1) is 0 Å². The fourth-order valence-corrected chi connectivity index (χ4v) is 0.966. The van der Waals surface area contributed by atoms with Crippen molar-refractivity contribution in [3.63, 3.8) is 0 Å². The maximum atomic E-state index is 11.2. The van der Waals surface area contributed by atoms with Gasteiger partial charge in [0.1, 0.15) is 6.04 Å². The molecular formula is C10H23NO6S. The summed E-state index contributed by atoms with van der Waals surface area (Å²) in [6.07, 6.45) is 4.76. The van der Waals surface area contributed by atoms with Crippen molar-refractivity contribution < 1.29 is 27.1 Å². The fourth-order valence-electron chi connectivity index (χ4n) is 0.966. The van der Waals surface area contributed by atoms with Crippen LogP contribution in [0.4, 0.5) is 0 Å². The van der Waals surface area contributed by atoms with E-state index in [1.54, 1.807) is 0 Å². The number of unbranched alkanes of at least 4 members (excludes halogenated alkanes) is 2. The molecule has 0 aliphatic rings. The van der Waals surface area contributed by atoms with Gasteiger partial charge in [0, 0.05) is 0 Å². The molecule has 110 valence electrons. The number of ether oxygens (including phenoxy) is 1. The molecule has 7 nitrogen and oxygen atoms in total. The van der Waals surface area contributed by atoms with E-state index in [1.807, 2.05) is 0 Å². The molecular weight excluding hydrogens is 262 g/mol. The molecule has 0 aromatic rings. The Labute approximate surface area is 108 Å². The summed E-state index contributed by atoms with van der Waals surface area (Å²) in [6, 6.07) is -0.420. The van der Waals surface area contributed by atoms with Gasteiger partial charge in [-0.05, 0) is 12.8 Å². The van der Waals surface area contributed by atoms with Crippen LogP contribution in [0.5, 0.6) is 0 Å². The summed E-state index contributed by atoms with van der Waals surface area (Å²) in [4.78, 5) is 11.2. The molecule has 8 heteroatoms. The molecule has 0 bridgehead atoms. The molecule has 18 heavy (non-hydrogen) atoms. The topological polar surface area (TPSA) is 127 Å². The first-order valence-corrected chi connectivity index (χ1v) is 7.24. The number of esters is 1. The maximum Gasteiger partial charge on any atom is 0.394 e. The van der Waals surface area contributed by atoms with E-state index in [0.29, 0.717) is 6.61 Å². The molecule has 0 aliphatic heterocycles. The van der Waals surface area contributed by atoms with Gasteiger partial charge < -0.3 is 10.5 Å². The molecule has 0 amide bonds. The van der Waals surface area contributed by atoms with Crippen LogP contribution in [0.15, 0.2) is 0 Å².